The molecule has 0 aromatic heterocycles. The first-order valence-corrected chi connectivity index (χ1v) is 3.93. The van der Waals surface area contributed by atoms with Crippen LogP contribution in [-0.4, -0.2) is 25.3 Å². The molecule has 0 unspecified atom stereocenters. The summed E-state index contributed by atoms with van der Waals surface area (Å²) < 4.78 is 4.97. The van der Waals surface area contributed by atoms with Crippen molar-refractivity contribution in [3.63, 3.8) is 0 Å². The average Bonchev–Trinajstić information content (AvgIpc) is 2.87. The summed E-state index contributed by atoms with van der Waals surface area (Å²) in [6, 6.07) is 5.36. The Balaban J connectivity index is 2.32. The summed E-state index contributed by atoms with van der Waals surface area (Å²) in [5, 5.41) is 9.51. The van der Waals surface area contributed by atoms with Crippen LogP contribution in [0.5, 0.6) is 11.5 Å². The van der Waals surface area contributed by atoms with E-state index in [0.717, 1.165) is 18.8 Å². The smallest absolute Gasteiger partial charge is 0.142 e. The maximum absolute atomic E-state index is 9.51. The minimum atomic E-state index is 0.298. The summed E-state index contributed by atoms with van der Waals surface area (Å²) >= 11 is 0. The number of benzene rings is 1. The van der Waals surface area contributed by atoms with Crippen molar-refractivity contribution in [3.8, 4) is 11.5 Å². The number of hydrogen-bond acceptors (Lipinski definition) is 3. The van der Waals surface area contributed by atoms with Gasteiger partial charge < -0.3 is 14.7 Å². The van der Waals surface area contributed by atoms with Gasteiger partial charge in [0.25, 0.3) is 0 Å². The highest BCUT2D eigenvalue weighted by Gasteiger charge is 2.20. The average molecular weight is 165 g/mol. The molecule has 1 N–H and O–H groups in total. The highest BCUT2D eigenvalue weighted by atomic mass is 16.5. The second kappa shape index (κ2) is 2.59. The van der Waals surface area contributed by atoms with E-state index in [0.29, 0.717) is 11.5 Å². The van der Waals surface area contributed by atoms with Crippen LogP contribution in [0.2, 0.25) is 0 Å². The van der Waals surface area contributed by atoms with Crippen LogP contribution in [0.25, 0.3) is 0 Å². The third-order valence-corrected chi connectivity index (χ3v) is 1.97. The van der Waals surface area contributed by atoms with Crippen molar-refractivity contribution in [1.82, 2.24) is 0 Å². The van der Waals surface area contributed by atoms with Crippen molar-refractivity contribution >= 4 is 5.69 Å². The lowest BCUT2D eigenvalue weighted by molar-refractivity contribution is 0.408. The lowest BCUT2D eigenvalue weighted by atomic mass is 10.3. The molecule has 64 valence electrons. The van der Waals surface area contributed by atoms with Crippen molar-refractivity contribution in [1.29, 1.82) is 0 Å². The molecule has 0 amide bonds. The van der Waals surface area contributed by atoms with E-state index in [1.165, 1.54) is 0 Å². The molecule has 0 saturated carbocycles. The molecule has 3 nitrogen and oxygen atoms in total. The molecule has 1 aromatic carbocycles. The summed E-state index contributed by atoms with van der Waals surface area (Å²) in [7, 11) is 1.59. The Kier molecular flexibility index (Phi) is 1.57. The van der Waals surface area contributed by atoms with Gasteiger partial charge >= 0.3 is 0 Å². The molecular formula is C9H11NO2. The molecule has 0 spiro atoms. The van der Waals surface area contributed by atoms with Crippen molar-refractivity contribution in [2.75, 3.05) is 25.1 Å². The number of methoxy groups -OCH3 is 1. The summed E-state index contributed by atoms with van der Waals surface area (Å²) in [4.78, 5) is 2.09. The molecule has 0 aliphatic carbocycles. The Morgan fingerprint density at radius 3 is 2.67 bits per heavy atom. The molecule has 12 heavy (non-hydrogen) atoms. The van der Waals surface area contributed by atoms with Gasteiger partial charge in [-0.2, -0.15) is 0 Å². The third-order valence-electron chi connectivity index (χ3n) is 1.97. The quantitative estimate of drug-likeness (QED) is 0.669. The molecule has 1 fully saturated rings. The van der Waals surface area contributed by atoms with E-state index in [4.69, 9.17) is 4.74 Å². The van der Waals surface area contributed by atoms with Gasteiger partial charge in [-0.1, -0.05) is 0 Å². The van der Waals surface area contributed by atoms with Crippen LogP contribution >= 0.6 is 0 Å². The lowest BCUT2D eigenvalue weighted by Crippen LogP contribution is -1.91. The van der Waals surface area contributed by atoms with Crippen molar-refractivity contribution < 1.29 is 9.84 Å². The Morgan fingerprint density at radius 2 is 2.17 bits per heavy atom. The molecule has 0 atom stereocenters. The van der Waals surface area contributed by atoms with E-state index in [1.807, 2.05) is 12.1 Å². The van der Waals surface area contributed by atoms with Crippen LogP contribution in [0, 0.1) is 0 Å². The van der Waals surface area contributed by atoms with Gasteiger partial charge in [-0.05, 0) is 12.1 Å². The van der Waals surface area contributed by atoms with Gasteiger partial charge in [0.05, 0.1) is 12.8 Å². The van der Waals surface area contributed by atoms with Crippen molar-refractivity contribution in [2.24, 2.45) is 0 Å². The predicted molar refractivity (Wildman–Crippen MR) is 46.9 cm³/mol. The van der Waals surface area contributed by atoms with Crippen LogP contribution in [0.3, 0.4) is 0 Å². The number of anilines is 1. The van der Waals surface area contributed by atoms with E-state index in [9.17, 15) is 5.11 Å². The Morgan fingerprint density at radius 1 is 1.42 bits per heavy atom. The fourth-order valence-corrected chi connectivity index (χ4v) is 1.19. The zero-order chi connectivity index (χ0) is 8.55. The first-order chi connectivity index (χ1) is 5.81. The van der Waals surface area contributed by atoms with Crippen LogP contribution < -0.4 is 9.64 Å². The fourth-order valence-electron chi connectivity index (χ4n) is 1.19. The molecule has 1 aromatic rings. The minimum Gasteiger partial charge on any atom is -0.506 e. The minimum absolute atomic E-state index is 0.298. The summed E-state index contributed by atoms with van der Waals surface area (Å²) in [6.07, 6.45) is 0. The number of aromatic hydroxyl groups is 1. The van der Waals surface area contributed by atoms with E-state index in [-0.39, 0.29) is 0 Å². The molecule has 0 bridgehead atoms. The van der Waals surface area contributed by atoms with E-state index < -0.39 is 0 Å². The Hall–Kier alpha value is -1.38. The lowest BCUT2D eigenvalue weighted by Gasteiger charge is -2.06. The SMILES string of the molecule is COc1ccc(N2CC2)c(O)c1. The van der Waals surface area contributed by atoms with Gasteiger partial charge in [0.15, 0.2) is 0 Å². The second-order valence-corrected chi connectivity index (χ2v) is 2.84. The molecule has 1 aliphatic heterocycles. The van der Waals surface area contributed by atoms with E-state index in [2.05, 4.69) is 4.90 Å². The van der Waals surface area contributed by atoms with Crippen LogP contribution in [0.15, 0.2) is 18.2 Å². The standard InChI is InChI=1S/C9H11NO2/c1-12-7-2-3-8(9(11)6-7)10-4-5-10/h2-3,6,11H,4-5H2,1H3. The van der Waals surface area contributed by atoms with Crippen molar-refractivity contribution in [3.05, 3.63) is 18.2 Å². The monoisotopic (exact) mass is 165 g/mol. The fraction of sp³-hybridized carbons (Fsp3) is 0.333. The zero-order valence-corrected chi connectivity index (χ0v) is 6.95. The van der Waals surface area contributed by atoms with Crippen LogP contribution in [0.4, 0.5) is 5.69 Å². The molecule has 3 heteroatoms. The Labute approximate surface area is 71.2 Å². The molecule has 1 aliphatic rings. The Bertz CT molecular complexity index is 295. The summed E-state index contributed by atoms with van der Waals surface area (Å²) in [6.45, 7) is 2.08. The predicted octanol–water partition coefficient (Wildman–Crippen LogP) is 1.22. The largest absolute Gasteiger partial charge is 0.506 e. The molecule has 0 radical (unpaired) electrons. The highest BCUT2D eigenvalue weighted by Crippen LogP contribution is 2.33. The maximum atomic E-state index is 9.51. The van der Waals surface area contributed by atoms with E-state index >= 15 is 0 Å². The van der Waals surface area contributed by atoms with Gasteiger partial charge in [0, 0.05) is 19.2 Å². The third kappa shape index (κ3) is 1.18. The molecule has 1 heterocycles. The van der Waals surface area contributed by atoms with Gasteiger partial charge in [0.2, 0.25) is 0 Å². The zero-order valence-electron chi connectivity index (χ0n) is 6.95. The van der Waals surface area contributed by atoms with Gasteiger partial charge in [-0.15, -0.1) is 0 Å². The molecule has 2 rings (SSSR count). The molecular weight excluding hydrogens is 154 g/mol. The van der Waals surface area contributed by atoms with Gasteiger partial charge in [0.1, 0.15) is 11.5 Å². The van der Waals surface area contributed by atoms with Crippen molar-refractivity contribution in [2.45, 2.75) is 0 Å². The number of hydrogen-bond donors (Lipinski definition) is 1. The van der Waals surface area contributed by atoms with Gasteiger partial charge in [-0.3, -0.25) is 0 Å². The van der Waals surface area contributed by atoms with Crippen LogP contribution in [0.1, 0.15) is 0 Å². The maximum Gasteiger partial charge on any atom is 0.142 e. The number of phenolic OH excluding ortho intramolecular Hbond substituents is 1. The number of phenols is 1. The summed E-state index contributed by atoms with van der Waals surface area (Å²) in [5.74, 6) is 0.991. The first kappa shape index (κ1) is 7.28. The van der Waals surface area contributed by atoms with Gasteiger partial charge in [-0.25, -0.2) is 0 Å². The number of rotatable bonds is 2. The molecule has 1 saturated heterocycles. The second-order valence-electron chi connectivity index (χ2n) is 2.84. The highest BCUT2D eigenvalue weighted by molar-refractivity contribution is 5.63. The normalized spacial score (nSPS) is 14.6. The topological polar surface area (TPSA) is 32.5 Å². The first-order valence-electron chi connectivity index (χ1n) is 3.93. The summed E-state index contributed by atoms with van der Waals surface area (Å²) in [5.41, 5.74) is 0.899. The van der Waals surface area contributed by atoms with Crippen LogP contribution in [-0.2, 0) is 0 Å². The number of nitrogens with zero attached hydrogens (tertiary/aromatic N) is 1. The van der Waals surface area contributed by atoms with E-state index in [1.54, 1.807) is 13.2 Å². The number of ether oxygens (including phenoxy) is 1.